The van der Waals surface area contributed by atoms with E-state index in [-0.39, 0.29) is 30.0 Å². The molecular weight excluding hydrogens is 373 g/mol. The molecule has 150 valence electrons. The van der Waals surface area contributed by atoms with E-state index in [2.05, 4.69) is 20.4 Å². The van der Waals surface area contributed by atoms with Gasteiger partial charge in [0.15, 0.2) is 6.04 Å². The number of nitrogens with one attached hydrogen (secondary N) is 1. The normalized spacial score (nSPS) is 24.8. The number of amides is 1. The summed E-state index contributed by atoms with van der Waals surface area (Å²) in [5.74, 6) is 0.0515. The molecule has 1 amide bonds. The smallest absolute Gasteiger partial charge is 0.368 e. The van der Waals surface area contributed by atoms with E-state index >= 15 is 0 Å². The standard InChI is InChI=1S/C18H21F3N6O/c1-10-5-15(18(19,20)21)27-16(24-10)6-13(25-27)12-3-4-26(9-12)17(28)14-8-22-11(2)7-23-14/h6-8,10,12,15,24H,3-5,9H2,1-2H3/t10-,12-,15-/m1/s1. The molecule has 0 aliphatic carbocycles. The summed E-state index contributed by atoms with van der Waals surface area (Å²) < 4.78 is 41.3. The second-order valence-corrected chi connectivity index (χ2v) is 7.52. The van der Waals surface area contributed by atoms with Gasteiger partial charge in [-0.15, -0.1) is 0 Å². The van der Waals surface area contributed by atoms with Crippen LogP contribution in [0.5, 0.6) is 0 Å². The topological polar surface area (TPSA) is 75.9 Å². The van der Waals surface area contributed by atoms with E-state index in [0.717, 1.165) is 10.4 Å². The average molecular weight is 394 g/mol. The Morgan fingerprint density at radius 3 is 2.75 bits per heavy atom. The van der Waals surface area contributed by atoms with Crippen LogP contribution in [0.15, 0.2) is 18.5 Å². The predicted molar refractivity (Wildman–Crippen MR) is 95.1 cm³/mol. The van der Waals surface area contributed by atoms with Gasteiger partial charge in [-0.3, -0.25) is 9.78 Å². The SMILES string of the molecule is Cc1cnc(C(=O)N2CC[C@@H](c3cc4n(n3)[C@@H](C(F)(F)F)C[C@@H](C)N4)C2)cn1. The molecule has 1 N–H and O–H groups in total. The fourth-order valence-corrected chi connectivity index (χ4v) is 3.83. The first kappa shape index (κ1) is 18.7. The molecule has 4 heterocycles. The Morgan fingerprint density at radius 2 is 2.07 bits per heavy atom. The highest BCUT2D eigenvalue weighted by molar-refractivity contribution is 5.92. The number of rotatable bonds is 2. The first-order valence-corrected chi connectivity index (χ1v) is 9.23. The van der Waals surface area contributed by atoms with E-state index in [1.165, 1.54) is 12.4 Å². The summed E-state index contributed by atoms with van der Waals surface area (Å²) in [5.41, 5.74) is 1.57. The second kappa shape index (κ2) is 6.75. The van der Waals surface area contributed by atoms with Gasteiger partial charge in [-0.2, -0.15) is 18.3 Å². The van der Waals surface area contributed by atoms with Crippen LogP contribution in [0.1, 0.15) is 53.6 Å². The van der Waals surface area contributed by atoms with Gasteiger partial charge in [0.2, 0.25) is 0 Å². The van der Waals surface area contributed by atoms with Gasteiger partial charge in [0, 0.05) is 37.3 Å². The predicted octanol–water partition coefficient (Wildman–Crippen LogP) is 2.92. The number of carbonyl (C=O) groups is 1. The number of hydrogen-bond acceptors (Lipinski definition) is 5. The van der Waals surface area contributed by atoms with Gasteiger partial charge in [-0.1, -0.05) is 0 Å². The lowest BCUT2D eigenvalue weighted by molar-refractivity contribution is -0.173. The highest BCUT2D eigenvalue weighted by Crippen LogP contribution is 2.40. The van der Waals surface area contributed by atoms with Crippen LogP contribution in [0.2, 0.25) is 0 Å². The van der Waals surface area contributed by atoms with Crippen molar-refractivity contribution in [1.29, 1.82) is 0 Å². The summed E-state index contributed by atoms with van der Waals surface area (Å²) >= 11 is 0. The highest BCUT2D eigenvalue weighted by Gasteiger charge is 2.46. The Kier molecular flexibility index (Phi) is 4.51. The Bertz CT molecular complexity index is 878. The van der Waals surface area contributed by atoms with Gasteiger partial charge in [-0.25, -0.2) is 9.67 Å². The number of likely N-dealkylation sites (tertiary alicyclic amines) is 1. The molecule has 2 aromatic rings. The summed E-state index contributed by atoms with van der Waals surface area (Å²) in [4.78, 5) is 22.4. The number of halogens is 3. The number of anilines is 1. The van der Waals surface area contributed by atoms with E-state index in [1.807, 2.05) is 0 Å². The van der Waals surface area contributed by atoms with Crippen LogP contribution in [0.4, 0.5) is 19.0 Å². The van der Waals surface area contributed by atoms with Crippen molar-refractivity contribution in [2.24, 2.45) is 0 Å². The molecule has 0 saturated carbocycles. The number of hydrogen-bond donors (Lipinski definition) is 1. The Labute approximate surface area is 160 Å². The van der Waals surface area contributed by atoms with Crippen LogP contribution in [0, 0.1) is 6.92 Å². The largest absolute Gasteiger partial charge is 0.410 e. The molecule has 0 spiro atoms. The van der Waals surface area contributed by atoms with Crippen molar-refractivity contribution < 1.29 is 18.0 Å². The molecule has 0 aromatic carbocycles. The van der Waals surface area contributed by atoms with Crippen molar-refractivity contribution in [2.45, 2.75) is 50.9 Å². The molecule has 0 radical (unpaired) electrons. The summed E-state index contributed by atoms with van der Waals surface area (Å²) in [6.07, 6.45) is -0.781. The molecule has 4 rings (SSSR count). The molecule has 2 aliphatic rings. The van der Waals surface area contributed by atoms with E-state index < -0.39 is 12.2 Å². The van der Waals surface area contributed by atoms with Crippen LogP contribution in [-0.4, -0.2) is 55.9 Å². The third-order valence-electron chi connectivity index (χ3n) is 5.29. The van der Waals surface area contributed by atoms with E-state index in [1.54, 1.807) is 24.8 Å². The zero-order valence-electron chi connectivity index (χ0n) is 15.6. The van der Waals surface area contributed by atoms with Crippen molar-refractivity contribution >= 4 is 11.7 Å². The number of carbonyl (C=O) groups excluding carboxylic acids is 1. The van der Waals surface area contributed by atoms with Crippen LogP contribution in [-0.2, 0) is 0 Å². The zero-order valence-corrected chi connectivity index (χ0v) is 15.6. The molecule has 1 saturated heterocycles. The maximum atomic E-state index is 13.4. The molecule has 3 atom stereocenters. The lowest BCUT2D eigenvalue weighted by atomic mass is 10.0. The summed E-state index contributed by atoms with van der Waals surface area (Å²) in [7, 11) is 0. The quantitative estimate of drug-likeness (QED) is 0.848. The molecule has 2 aliphatic heterocycles. The monoisotopic (exact) mass is 394 g/mol. The van der Waals surface area contributed by atoms with Crippen molar-refractivity contribution in [2.75, 3.05) is 18.4 Å². The van der Waals surface area contributed by atoms with E-state index in [0.29, 0.717) is 31.0 Å². The maximum Gasteiger partial charge on any atom is 0.410 e. The van der Waals surface area contributed by atoms with Crippen LogP contribution in [0.3, 0.4) is 0 Å². The van der Waals surface area contributed by atoms with Crippen molar-refractivity contribution in [3.8, 4) is 0 Å². The summed E-state index contributed by atoms with van der Waals surface area (Å²) in [6.45, 7) is 4.43. The van der Waals surface area contributed by atoms with Crippen molar-refractivity contribution in [1.82, 2.24) is 24.6 Å². The zero-order chi connectivity index (χ0) is 20.1. The molecule has 7 nitrogen and oxygen atoms in total. The number of alkyl halides is 3. The molecule has 10 heteroatoms. The number of aromatic nitrogens is 4. The molecule has 28 heavy (non-hydrogen) atoms. The van der Waals surface area contributed by atoms with Crippen molar-refractivity contribution in [3.05, 3.63) is 35.5 Å². The molecule has 2 aromatic heterocycles. The highest BCUT2D eigenvalue weighted by atomic mass is 19.4. The van der Waals surface area contributed by atoms with Crippen LogP contribution < -0.4 is 5.32 Å². The molecule has 0 bridgehead atoms. The minimum Gasteiger partial charge on any atom is -0.368 e. The number of aryl methyl sites for hydroxylation is 1. The number of nitrogens with zero attached hydrogens (tertiary/aromatic N) is 5. The number of fused-ring (bicyclic) bond motifs is 1. The fraction of sp³-hybridized carbons (Fsp3) is 0.556. The van der Waals surface area contributed by atoms with Gasteiger partial charge in [0.05, 0.1) is 17.6 Å². The Morgan fingerprint density at radius 1 is 1.29 bits per heavy atom. The van der Waals surface area contributed by atoms with Gasteiger partial charge in [0.1, 0.15) is 11.5 Å². The maximum absolute atomic E-state index is 13.4. The average Bonchev–Trinajstić information content (AvgIpc) is 3.27. The minimum atomic E-state index is -4.35. The third kappa shape index (κ3) is 3.43. The minimum absolute atomic E-state index is 0.0566. The summed E-state index contributed by atoms with van der Waals surface area (Å²) in [6, 6.07) is -0.237. The third-order valence-corrected chi connectivity index (χ3v) is 5.29. The van der Waals surface area contributed by atoms with Crippen LogP contribution in [0.25, 0.3) is 0 Å². The lowest BCUT2D eigenvalue weighted by Crippen LogP contribution is -2.37. The van der Waals surface area contributed by atoms with Gasteiger partial charge >= 0.3 is 6.18 Å². The van der Waals surface area contributed by atoms with Crippen molar-refractivity contribution in [3.63, 3.8) is 0 Å². The van der Waals surface area contributed by atoms with E-state index in [9.17, 15) is 18.0 Å². The first-order valence-electron chi connectivity index (χ1n) is 9.23. The van der Waals surface area contributed by atoms with E-state index in [4.69, 9.17) is 0 Å². The Hall–Kier alpha value is -2.65. The molecule has 1 fully saturated rings. The van der Waals surface area contributed by atoms with Crippen LogP contribution >= 0.6 is 0 Å². The molecular formula is C18H21F3N6O. The first-order chi connectivity index (χ1) is 13.2. The lowest BCUT2D eigenvalue weighted by Gasteiger charge is -2.31. The fourth-order valence-electron chi connectivity index (χ4n) is 3.83. The molecule has 0 unspecified atom stereocenters. The van der Waals surface area contributed by atoms with Gasteiger partial charge in [-0.05, 0) is 26.7 Å². The Balaban J connectivity index is 1.52. The van der Waals surface area contributed by atoms with Gasteiger partial charge < -0.3 is 10.2 Å². The van der Waals surface area contributed by atoms with Gasteiger partial charge in [0.25, 0.3) is 5.91 Å². The summed E-state index contributed by atoms with van der Waals surface area (Å²) in [5, 5.41) is 7.33. The second-order valence-electron chi connectivity index (χ2n) is 7.52.